The third-order valence-electron chi connectivity index (χ3n) is 7.38. The van der Waals surface area contributed by atoms with Gasteiger partial charge in [0.2, 0.25) is 17.2 Å². The Labute approximate surface area is 249 Å². The molecule has 1 saturated heterocycles. The van der Waals surface area contributed by atoms with Gasteiger partial charge in [0.1, 0.15) is 30.9 Å². The van der Waals surface area contributed by atoms with Crippen LogP contribution in [0.2, 0.25) is 0 Å². The molecule has 4 rings (SSSR count). The zero-order valence-corrected chi connectivity index (χ0v) is 25.1. The van der Waals surface area contributed by atoms with Crippen LogP contribution in [0.25, 0.3) is 0 Å². The lowest BCUT2D eigenvalue weighted by atomic mass is 9.92. The molecule has 1 aromatic rings. The van der Waals surface area contributed by atoms with Gasteiger partial charge in [-0.1, -0.05) is 30.3 Å². The molecule has 16 nitrogen and oxygen atoms in total. The van der Waals surface area contributed by atoms with E-state index in [0.29, 0.717) is 5.56 Å². The van der Waals surface area contributed by atoms with Crippen LogP contribution in [0.5, 0.6) is 0 Å². The summed E-state index contributed by atoms with van der Waals surface area (Å²) in [5.41, 5.74) is 9.42. The molecule has 0 saturated carbocycles. The molecule has 0 bridgehead atoms. The van der Waals surface area contributed by atoms with Gasteiger partial charge >= 0.3 is 0 Å². The van der Waals surface area contributed by atoms with E-state index in [-0.39, 0.29) is 30.7 Å². The van der Waals surface area contributed by atoms with Gasteiger partial charge in [0.05, 0.1) is 12.7 Å². The van der Waals surface area contributed by atoms with Crippen molar-refractivity contribution in [1.29, 1.82) is 5.26 Å². The number of benzene rings is 1. The number of hydrogen-bond donors (Lipinski definition) is 6. The van der Waals surface area contributed by atoms with Crippen LogP contribution in [-0.2, 0) is 14.1 Å². The van der Waals surface area contributed by atoms with Gasteiger partial charge in [0, 0.05) is 23.6 Å². The first kappa shape index (κ1) is 33.1. The Morgan fingerprint density at radius 2 is 2.05 bits per heavy atom. The molecular weight excluding hydrogens is 583 g/mol. The van der Waals surface area contributed by atoms with Crippen LogP contribution in [0.3, 0.4) is 0 Å². The smallest absolute Gasteiger partial charge is 0.268 e. The third-order valence-corrected chi connectivity index (χ3v) is 7.72. The number of nitriles is 1. The maximum Gasteiger partial charge on any atom is 0.268 e. The van der Waals surface area contributed by atoms with E-state index >= 15 is 0 Å². The van der Waals surface area contributed by atoms with Gasteiger partial charge in [-0.2, -0.15) is 10.3 Å². The maximum absolute atomic E-state index is 13.3. The van der Waals surface area contributed by atoms with Gasteiger partial charge in [0.15, 0.2) is 18.2 Å². The van der Waals surface area contributed by atoms with Crippen molar-refractivity contribution in [2.24, 2.45) is 26.2 Å². The van der Waals surface area contributed by atoms with Crippen LogP contribution in [0.1, 0.15) is 44.5 Å². The number of hydroxylamine groups is 2. The van der Waals surface area contributed by atoms with E-state index in [9.17, 15) is 30.3 Å². The highest BCUT2D eigenvalue weighted by Gasteiger charge is 2.61. The average molecular weight is 621 g/mol. The molecule has 1 aromatic carbocycles. The van der Waals surface area contributed by atoms with Crippen molar-refractivity contribution in [2.75, 3.05) is 13.3 Å². The molecule has 3 unspecified atom stereocenters. The van der Waals surface area contributed by atoms with E-state index in [2.05, 4.69) is 15.0 Å². The monoisotopic (exact) mass is 620 g/mol. The Bertz CT molecular complexity index is 1320. The summed E-state index contributed by atoms with van der Waals surface area (Å²) < 4.78 is 17.0. The summed E-state index contributed by atoms with van der Waals surface area (Å²) >= 11 is 0. The zero-order valence-electron chi connectivity index (χ0n) is 24.2. The number of carbonyl (C=O) groups excluding carboxylic acids is 1. The van der Waals surface area contributed by atoms with Crippen LogP contribution < -0.4 is 11.2 Å². The van der Waals surface area contributed by atoms with Crippen LogP contribution >= 0.6 is 8.53 Å². The van der Waals surface area contributed by atoms with Crippen LogP contribution in [-0.4, -0.2) is 115 Å². The Morgan fingerprint density at radius 3 is 2.63 bits per heavy atom. The molecule has 8 N–H and O–H groups in total. The Balaban J connectivity index is 1.55. The molecule has 7 atom stereocenters. The first-order chi connectivity index (χ1) is 20.2. The number of ketones is 1. The van der Waals surface area contributed by atoms with Crippen LogP contribution in [0, 0.1) is 11.3 Å². The number of rotatable bonds is 12. The standard InChI is InChI=1S/C26H37N8O8P/c1-15(2)34(42-43(29)39)24(3,4)10-17(11-27)41-26(38)18(12-35)40-23(21(26)37)33-14-31-19-22(33)30-13-32-25(19,28)20(36)16-8-6-5-7-9-16/h5-9,13,15,17-18,21,23,35,37-39H,10,12,14,28-29H2,1-4H3/t17?,18-,21+,23-,25?,26+,43?/m1/s1. The molecule has 0 aliphatic carbocycles. The molecule has 0 amide bonds. The molecule has 43 heavy (non-hydrogen) atoms. The van der Waals surface area contributed by atoms with Crippen molar-refractivity contribution in [2.45, 2.75) is 81.7 Å². The molecule has 3 heterocycles. The fourth-order valence-electron chi connectivity index (χ4n) is 5.44. The number of Topliss-reactive ketones (excluding diaryl/α,β-unsaturated/α-hetero) is 1. The highest BCUT2D eigenvalue weighted by Crippen LogP contribution is 2.39. The normalized spacial score (nSPS) is 30.2. The van der Waals surface area contributed by atoms with Crippen molar-refractivity contribution in [3.05, 3.63) is 35.9 Å². The summed E-state index contributed by atoms with van der Waals surface area (Å²) in [5, 5.41) is 44.4. The van der Waals surface area contributed by atoms with E-state index in [0.717, 1.165) is 6.34 Å². The summed E-state index contributed by atoms with van der Waals surface area (Å²) in [4.78, 5) is 37.1. The lowest BCUT2D eigenvalue weighted by Crippen LogP contribution is -2.60. The highest BCUT2D eigenvalue weighted by atomic mass is 31.2. The maximum atomic E-state index is 13.3. The summed E-state index contributed by atoms with van der Waals surface area (Å²) in [6.45, 7) is 6.08. The number of nitrogens with zero attached hydrogens (tertiary/aromatic N) is 6. The number of nitrogens with two attached hydrogens (primary N) is 2. The predicted molar refractivity (Wildman–Crippen MR) is 155 cm³/mol. The first-order valence-corrected chi connectivity index (χ1v) is 14.7. The van der Waals surface area contributed by atoms with E-state index in [4.69, 9.17) is 25.3 Å². The van der Waals surface area contributed by atoms with E-state index in [1.165, 1.54) is 9.96 Å². The van der Waals surface area contributed by atoms with Gasteiger partial charge in [-0.05, 0) is 27.7 Å². The van der Waals surface area contributed by atoms with E-state index < -0.39 is 62.4 Å². The second-order valence-corrected chi connectivity index (χ2v) is 12.0. The number of aliphatic hydroxyl groups excluding tert-OH is 2. The molecule has 3 aliphatic heterocycles. The number of fused-ring (bicyclic) bond motifs is 1. The van der Waals surface area contributed by atoms with Crippen molar-refractivity contribution in [3.63, 3.8) is 0 Å². The van der Waals surface area contributed by atoms with Crippen molar-refractivity contribution in [3.8, 4) is 6.07 Å². The fraction of sp³-hybridized carbons (Fsp3) is 0.577. The van der Waals surface area contributed by atoms with Gasteiger partial charge in [-0.15, -0.1) is 0 Å². The lowest BCUT2D eigenvalue weighted by molar-refractivity contribution is -0.283. The Kier molecular flexibility index (Phi) is 9.77. The molecule has 3 aliphatic rings. The third kappa shape index (κ3) is 6.25. The molecule has 0 aromatic heterocycles. The minimum Gasteiger partial charge on any atom is -0.393 e. The molecule has 0 spiro atoms. The molecular formula is C26H37N8O8P. The molecule has 0 radical (unpaired) electrons. The summed E-state index contributed by atoms with van der Waals surface area (Å²) in [6, 6.07) is 10.0. The summed E-state index contributed by atoms with van der Waals surface area (Å²) in [7, 11) is -2.26. The first-order valence-electron chi connectivity index (χ1n) is 13.5. The predicted octanol–water partition coefficient (Wildman–Crippen LogP) is -0.657. The second kappa shape index (κ2) is 12.7. The van der Waals surface area contributed by atoms with E-state index in [1.54, 1.807) is 58.0 Å². The Hall–Kier alpha value is -2.78. The zero-order chi connectivity index (χ0) is 31.7. The quantitative estimate of drug-likeness (QED) is 0.0736. The summed E-state index contributed by atoms with van der Waals surface area (Å²) in [6.07, 6.45) is -5.01. The van der Waals surface area contributed by atoms with Crippen molar-refractivity contribution in [1.82, 2.24) is 9.96 Å². The number of carbonyl (C=O) groups is 1. The summed E-state index contributed by atoms with van der Waals surface area (Å²) in [5.74, 6) is -3.00. The Morgan fingerprint density at radius 1 is 1.37 bits per heavy atom. The number of aliphatic hydroxyl groups is 3. The molecule has 234 valence electrons. The van der Waals surface area contributed by atoms with Crippen molar-refractivity contribution < 1.29 is 39.1 Å². The minimum absolute atomic E-state index is 0.0331. The number of hydrogen-bond acceptors (Lipinski definition) is 16. The van der Waals surface area contributed by atoms with E-state index in [1.807, 2.05) is 6.07 Å². The molecule has 17 heteroatoms. The second-order valence-electron chi connectivity index (χ2n) is 11.2. The highest BCUT2D eigenvalue weighted by molar-refractivity contribution is 7.43. The number of aliphatic imine (C=N–C) groups is 3. The topological polar surface area (TPSA) is 245 Å². The van der Waals surface area contributed by atoms with Crippen LogP contribution in [0.4, 0.5) is 0 Å². The minimum atomic E-state index is -2.55. The largest absolute Gasteiger partial charge is 0.393 e. The fourth-order valence-corrected chi connectivity index (χ4v) is 6.03. The van der Waals surface area contributed by atoms with Crippen molar-refractivity contribution >= 4 is 32.2 Å². The van der Waals surface area contributed by atoms with Gasteiger partial charge in [-0.25, -0.2) is 14.6 Å². The lowest BCUT2D eigenvalue weighted by Gasteiger charge is -2.42. The average Bonchev–Trinajstić information content (AvgIpc) is 3.50. The number of ether oxygens (including phenoxy) is 2. The van der Waals surface area contributed by atoms with Gasteiger partial charge < -0.3 is 34.6 Å². The SMILES string of the molecule is CC(C)N(OP(N)O)C(C)(C)CC(C#N)O[C@@]1(O)[C@@H](CO)O[C@@H](N2CN=C3C2=NC=NC3(N)C(=O)c2ccccc2)[C@@H]1O. The number of amidine groups is 1. The van der Waals surface area contributed by atoms with Crippen LogP contribution in [0.15, 0.2) is 45.3 Å². The van der Waals surface area contributed by atoms with Gasteiger partial charge in [0.25, 0.3) is 8.53 Å². The molecule has 1 fully saturated rings. The van der Waals surface area contributed by atoms with Gasteiger partial charge in [-0.3, -0.25) is 21.0 Å².